The summed E-state index contributed by atoms with van der Waals surface area (Å²) in [7, 11) is 1.73. The minimum atomic E-state index is 0.384. The lowest BCUT2D eigenvalue weighted by molar-refractivity contribution is 0.0838. The van der Waals surface area contributed by atoms with Crippen LogP contribution in [0.1, 0.15) is 24.8 Å². The average molecular weight is 313 g/mol. The number of ether oxygens (including phenoxy) is 2. The van der Waals surface area contributed by atoms with E-state index in [4.69, 9.17) is 9.47 Å². The first kappa shape index (κ1) is 13.9. The maximum Gasteiger partial charge on any atom is 0.119 e. The molecule has 2 rings (SSSR count). The summed E-state index contributed by atoms with van der Waals surface area (Å²) in [6.45, 7) is 1.60. The molecule has 0 aromatic heterocycles. The molecule has 100 valence electrons. The van der Waals surface area contributed by atoms with Gasteiger partial charge in [-0.1, -0.05) is 34.5 Å². The van der Waals surface area contributed by atoms with Crippen LogP contribution in [0.2, 0.25) is 0 Å². The maximum absolute atomic E-state index is 5.90. The number of hydrogen-bond donors (Lipinski definition) is 0. The monoisotopic (exact) mass is 312 g/mol. The average Bonchev–Trinajstić information content (AvgIpc) is 2.37. The van der Waals surface area contributed by atoms with E-state index < -0.39 is 0 Å². The van der Waals surface area contributed by atoms with Gasteiger partial charge in [-0.15, -0.1) is 0 Å². The lowest BCUT2D eigenvalue weighted by Gasteiger charge is -2.39. The normalized spacial score (nSPS) is 17.2. The number of rotatable bonds is 7. The van der Waals surface area contributed by atoms with Crippen molar-refractivity contribution < 1.29 is 9.47 Å². The predicted octanol–water partition coefficient (Wildman–Crippen LogP) is 3.82. The van der Waals surface area contributed by atoms with Crippen molar-refractivity contribution in [2.75, 3.05) is 25.7 Å². The SMILES string of the molecule is COCCc1ccc(OCC2(CBr)CCC2)cc1. The summed E-state index contributed by atoms with van der Waals surface area (Å²) < 4.78 is 11.0. The molecule has 0 N–H and O–H groups in total. The van der Waals surface area contributed by atoms with E-state index >= 15 is 0 Å². The molecule has 0 amide bonds. The number of halogens is 1. The van der Waals surface area contributed by atoms with E-state index in [2.05, 4.69) is 40.2 Å². The third-order valence-electron chi connectivity index (χ3n) is 3.76. The van der Waals surface area contributed by atoms with Crippen LogP contribution in [0.4, 0.5) is 0 Å². The van der Waals surface area contributed by atoms with Crippen molar-refractivity contribution in [2.24, 2.45) is 5.41 Å². The molecule has 0 spiro atoms. The van der Waals surface area contributed by atoms with E-state index in [0.29, 0.717) is 5.41 Å². The van der Waals surface area contributed by atoms with Crippen molar-refractivity contribution in [1.82, 2.24) is 0 Å². The second-order valence-corrected chi connectivity index (χ2v) is 5.72. The van der Waals surface area contributed by atoms with Crippen LogP contribution in [0, 0.1) is 5.41 Å². The lowest BCUT2D eigenvalue weighted by atomic mass is 9.71. The maximum atomic E-state index is 5.90. The zero-order valence-corrected chi connectivity index (χ0v) is 12.5. The first-order valence-electron chi connectivity index (χ1n) is 6.55. The molecule has 1 aliphatic carbocycles. The van der Waals surface area contributed by atoms with Crippen LogP contribution in [0.15, 0.2) is 24.3 Å². The van der Waals surface area contributed by atoms with Crippen molar-refractivity contribution >= 4 is 15.9 Å². The molecule has 2 nitrogen and oxygen atoms in total. The van der Waals surface area contributed by atoms with Crippen molar-refractivity contribution in [2.45, 2.75) is 25.7 Å². The first-order chi connectivity index (χ1) is 8.78. The van der Waals surface area contributed by atoms with Crippen LogP contribution in [0.25, 0.3) is 0 Å². The van der Waals surface area contributed by atoms with E-state index in [0.717, 1.165) is 30.7 Å². The van der Waals surface area contributed by atoms with Crippen LogP contribution < -0.4 is 4.74 Å². The molecule has 0 saturated heterocycles. The summed E-state index contributed by atoms with van der Waals surface area (Å²) in [5.74, 6) is 0.975. The molecule has 0 radical (unpaired) electrons. The Morgan fingerprint density at radius 3 is 2.44 bits per heavy atom. The lowest BCUT2D eigenvalue weighted by Crippen LogP contribution is -2.37. The molecule has 18 heavy (non-hydrogen) atoms. The van der Waals surface area contributed by atoms with Crippen LogP contribution in [-0.2, 0) is 11.2 Å². The van der Waals surface area contributed by atoms with Gasteiger partial charge in [0.05, 0.1) is 13.2 Å². The van der Waals surface area contributed by atoms with Gasteiger partial charge in [0.1, 0.15) is 5.75 Å². The minimum absolute atomic E-state index is 0.384. The summed E-state index contributed by atoms with van der Waals surface area (Å²) >= 11 is 3.60. The Morgan fingerprint density at radius 1 is 1.22 bits per heavy atom. The molecule has 0 heterocycles. The van der Waals surface area contributed by atoms with Gasteiger partial charge in [-0.25, -0.2) is 0 Å². The molecule has 1 saturated carbocycles. The van der Waals surface area contributed by atoms with Gasteiger partial charge in [-0.05, 0) is 37.0 Å². The van der Waals surface area contributed by atoms with Crippen molar-refractivity contribution in [3.05, 3.63) is 29.8 Å². The molecule has 3 heteroatoms. The molecule has 0 bridgehead atoms. The smallest absolute Gasteiger partial charge is 0.119 e. The van der Waals surface area contributed by atoms with Gasteiger partial charge < -0.3 is 9.47 Å². The zero-order chi connectivity index (χ0) is 12.8. The molecule has 1 aliphatic rings. The second kappa shape index (κ2) is 6.58. The van der Waals surface area contributed by atoms with Gasteiger partial charge in [-0.2, -0.15) is 0 Å². The van der Waals surface area contributed by atoms with Crippen molar-refractivity contribution in [3.8, 4) is 5.75 Å². The highest BCUT2D eigenvalue weighted by Gasteiger charge is 2.36. The summed E-state index contributed by atoms with van der Waals surface area (Å²) in [5.41, 5.74) is 1.68. The molecule has 0 aliphatic heterocycles. The Balaban J connectivity index is 1.82. The summed E-state index contributed by atoms with van der Waals surface area (Å²) in [5, 5.41) is 1.05. The molecule has 1 fully saturated rings. The highest BCUT2D eigenvalue weighted by atomic mass is 79.9. The fraction of sp³-hybridized carbons (Fsp3) is 0.600. The van der Waals surface area contributed by atoms with Crippen LogP contribution in [0.5, 0.6) is 5.75 Å². The summed E-state index contributed by atoms with van der Waals surface area (Å²) in [6, 6.07) is 8.36. The van der Waals surface area contributed by atoms with Crippen molar-refractivity contribution in [3.63, 3.8) is 0 Å². The Bertz CT molecular complexity index is 352. The molecule has 0 unspecified atom stereocenters. The number of methoxy groups -OCH3 is 1. The fourth-order valence-electron chi connectivity index (χ4n) is 2.20. The van der Waals surface area contributed by atoms with E-state index in [1.807, 2.05) is 0 Å². The first-order valence-corrected chi connectivity index (χ1v) is 7.67. The van der Waals surface area contributed by atoms with Gasteiger partial charge in [0.2, 0.25) is 0 Å². The Kier molecular flexibility index (Phi) is 5.07. The van der Waals surface area contributed by atoms with Gasteiger partial charge in [-0.3, -0.25) is 0 Å². The van der Waals surface area contributed by atoms with E-state index in [1.165, 1.54) is 24.8 Å². The number of hydrogen-bond acceptors (Lipinski definition) is 2. The summed E-state index contributed by atoms with van der Waals surface area (Å²) in [6.07, 6.45) is 4.86. The van der Waals surface area contributed by atoms with Crippen molar-refractivity contribution in [1.29, 1.82) is 0 Å². The van der Waals surface area contributed by atoms with E-state index in [-0.39, 0.29) is 0 Å². The fourth-order valence-corrected chi connectivity index (χ4v) is 2.92. The molecule has 1 aromatic carbocycles. The molecule has 0 atom stereocenters. The van der Waals surface area contributed by atoms with Crippen LogP contribution in [-0.4, -0.2) is 25.7 Å². The Morgan fingerprint density at radius 2 is 1.94 bits per heavy atom. The van der Waals surface area contributed by atoms with Gasteiger partial charge in [0, 0.05) is 17.9 Å². The summed E-state index contributed by atoms with van der Waals surface area (Å²) in [4.78, 5) is 0. The quantitative estimate of drug-likeness (QED) is 0.713. The standard InChI is InChI=1S/C15H21BrO2/c1-17-10-7-13-3-5-14(6-4-13)18-12-15(11-16)8-2-9-15/h3-6H,2,7-12H2,1H3. The predicted molar refractivity (Wildman–Crippen MR) is 77.6 cm³/mol. The Hall–Kier alpha value is -0.540. The molecule has 1 aromatic rings. The minimum Gasteiger partial charge on any atom is -0.493 e. The highest BCUT2D eigenvalue weighted by Crippen LogP contribution is 2.42. The van der Waals surface area contributed by atoms with Gasteiger partial charge >= 0.3 is 0 Å². The van der Waals surface area contributed by atoms with E-state index in [1.54, 1.807) is 7.11 Å². The second-order valence-electron chi connectivity index (χ2n) is 5.16. The van der Waals surface area contributed by atoms with Gasteiger partial charge in [0.15, 0.2) is 0 Å². The topological polar surface area (TPSA) is 18.5 Å². The van der Waals surface area contributed by atoms with Crippen LogP contribution >= 0.6 is 15.9 Å². The largest absolute Gasteiger partial charge is 0.493 e. The third kappa shape index (κ3) is 3.48. The third-order valence-corrected chi connectivity index (χ3v) is 4.95. The molecular formula is C15H21BrO2. The number of benzene rings is 1. The van der Waals surface area contributed by atoms with Crippen LogP contribution in [0.3, 0.4) is 0 Å². The number of alkyl halides is 1. The zero-order valence-electron chi connectivity index (χ0n) is 11.0. The highest BCUT2D eigenvalue weighted by molar-refractivity contribution is 9.09. The van der Waals surface area contributed by atoms with Gasteiger partial charge in [0.25, 0.3) is 0 Å². The van der Waals surface area contributed by atoms with E-state index in [9.17, 15) is 0 Å². The molecular weight excluding hydrogens is 292 g/mol. The Labute approximate surface area is 118 Å².